The monoisotopic (exact) mass is 398 g/mol. The molecule has 0 aliphatic heterocycles. The maximum atomic E-state index is 14.5. The van der Waals surface area contributed by atoms with Crippen LogP contribution in [0.25, 0.3) is 21.9 Å². The van der Waals surface area contributed by atoms with Gasteiger partial charge < -0.3 is 0 Å². The molecule has 10 heteroatoms. The van der Waals surface area contributed by atoms with Gasteiger partial charge in [-0.25, -0.2) is 43.9 Å². The van der Waals surface area contributed by atoms with Gasteiger partial charge in [-0.1, -0.05) is 0 Å². The quantitative estimate of drug-likeness (QED) is 0.260. The van der Waals surface area contributed by atoms with E-state index in [0.717, 1.165) is 0 Å². The van der Waals surface area contributed by atoms with Crippen molar-refractivity contribution in [2.45, 2.75) is 6.92 Å². The molecule has 0 unspecified atom stereocenters. The van der Waals surface area contributed by atoms with E-state index in [1.807, 2.05) is 0 Å². The summed E-state index contributed by atoms with van der Waals surface area (Å²) in [5, 5.41) is -3.25. The summed E-state index contributed by atoms with van der Waals surface area (Å²) in [6, 6.07) is -0.110. The minimum Gasteiger partial charge on any atom is -0.206 e. The van der Waals surface area contributed by atoms with E-state index in [2.05, 4.69) is 0 Å². The molecule has 0 nitrogen and oxygen atoms in total. The van der Waals surface area contributed by atoms with E-state index in [1.165, 1.54) is 0 Å². The molecule has 0 N–H and O–H groups in total. The Kier molecular flexibility index (Phi) is 4.32. The van der Waals surface area contributed by atoms with Crippen molar-refractivity contribution in [3.63, 3.8) is 0 Å². The van der Waals surface area contributed by atoms with Gasteiger partial charge in [-0.3, -0.25) is 0 Å². The van der Waals surface area contributed by atoms with Crippen molar-refractivity contribution >= 4 is 10.8 Å². The topological polar surface area (TPSA) is 0 Å². The maximum Gasteiger partial charge on any atom is 0.198 e. The summed E-state index contributed by atoms with van der Waals surface area (Å²) >= 11 is 0. The van der Waals surface area contributed by atoms with E-state index in [0.29, 0.717) is 6.92 Å². The minimum atomic E-state index is -2.49. The Bertz CT molecular complexity index is 1130. The SMILES string of the molecule is Cc1c(F)c(-c2cc(F)c(F)c(F)c2F)c2c(F)c(F)c(F)c(F)c2c1F. The Morgan fingerprint density at radius 1 is 0.481 bits per heavy atom. The zero-order valence-corrected chi connectivity index (χ0v) is 12.9. The number of hydrogen-bond donors (Lipinski definition) is 0. The van der Waals surface area contributed by atoms with E-state index in [1.54, 1.807) is 0 Å². The van der Waals surface area contributed by atoms with E-state index in [9.17, 15) is 43.9 Å². The summed E-state index contributed by atoms with van der Waals surface area (Å²) in [6.45, 7) is 0.653. The maximum absolute atomic E-state index is 14.5. The fourth-order valence-corrected chi connectivity index (χ4v) is 2.66. The van der Waals surface area contributed by atoms with Crippen LogP contribution in [0.3, 0.4) is 0 Å². The molecule has 0 heterocycles. The third kappa shape index (κ3) is 2.46. The minimum absolute atomic E-state index is 0.110. The molecule has 0 saturated heterocycles. The van der Waals surface area contributed by atoms with Gasteiger partial charge in [0.1, 0.15) is 11.6 Å². The third-order valence-electron chi connectivity index (χ3n) is 3.99. The Labute approximate surface area is 143 Å². The van der Waals surface area contributed by atoms with Gasteiger partial charge in [-0.2, -0.15) is 0 Å². The van der Waals surface area contributed by atoms with Crippen molar-refractivity contribution < 1.29 is 43.9 Å². The fraction of sp³-hybridized carbons (Fsp3) is 0.0588. The lowest BCUT2D eigenvalue weighted by Gasteiger charge is -2.16. The molecule has 0 radical (unpaired) electrons. The summed E-state index contributed by atoms with van der Waals surface area (Å²) < 4.78 is 138. The third-order valence-corrected chi connectivity index (χ3v) is 3.99. The van der Waals surface area contributed by atoms with Gasteiger partial charge >= 0.3 is 0 Å². The number of halogens is 10. The van der Waals surface area contributed by atoms with Crippen LogP contribution in [0, 0.1) is 65.1 Å². The summed E-state index contributed by atoms with van der Waals surface area (Å²) in [6.07, 6.45) is 0. The molecule has 142 valence electrons. The Morgan fingerprint density at radius 2 is 0.963 bits per heavy atom. The predicted octanol–water partition coefficient (Wildman–Crippen LogP) is 6.21. The second-order valence-electron chi connectivity index (χ2n) is 5.48. The largest absolute Gasteiger partial charge is 0.206 e. The fourth-order valence-electron chi connectivity index (χ4n) is 2.66. The molecule has 0 aromatic heterocycles. The molecule has 0 saturated carbocycles. The van der Waals surface area contributed by atoms with Gasteiger partial charge in [-0.05, 0) is 13.0 Å². The standard InChI is InChI=1S/C17H4F10/c1-3-9(19)6(4-2-5(18)12(22)15(25)11(4)21)7-8(10(3)20)14(24)17(27)16(26)13(7)23/h2H,1H3. The Hall–Kier alpha value is -2.78. The number of rotatable bonds is 1. The second-order valence-corrected chi connectivity index (χ2v) is 5.48. The highest BCUT2D eigenvalue weighted by atomic mass is 19.2. The lowest BCUT2D eigenvalue weighted by atomic mass is 9.93. The lowest BCUT2D eigenvalue weighted by Crippen LogP contribution is -2.07. The number of fused-ring (bicyclic) bond motifs is 1. The van der Waals surface area contributed by atoms with Crippen molar-refractivity contribution in [2.24, 2.45) is 0 Å². The summed E-state index contributed by atoms with van der Waals surface area (Å²) in [4.78, 5) is 0. The molecule has 3 aromatic rings. The van der Waals surface area contributed by atoms with E-state index >= 15 is 0 Å². The average Bonchev–Trinajstić information content (AvgIpc) is 2.64. The molecule has 0 bridgehead atoms. The zero-order valence-electron chi connectivity index (χ0n) is 12.9. The van der Waals surface area contributed by atoms with Gasteiger partial charge in [0.15, 0.2) is 46.5 Å². The molecule has 0 fully saturated rings. The first kappa shape index (κ1) is 19.0. The lowest BCUT2D eigenvalue weighted by molar-refractivity contribution is 0.410. The number of hydrogen-bond acceptors (Lipinski definition) is 0. The molecule has 27 heavy (non-hydrogen) atoms. The van der Waals surface area contributed by atoms with Crippen LogP contribution in [0.5, 0.6) is 0 Å². The van der Waals surface area contributed by atoms with Crippen molar-refractivity contribution in [3.05, 3.63) is 69.8 Å². The first-order valence-corrected chi connectivity index (χ1v) is 6.97. The smallest absolute Gasteiger partial charge is 0.198 e. The molecule has 3 rings (SSSR count). The average molecular weight is 398 g/mol. The van der Waals surface area contributed by atoms with Crippen molar-refractivity contribution in [2.75, 3.05) is 0 Å². The molecule has 0 atom stereocenters. The summed E-state index contributed by atoms with van der Waals surface area (Å²) in [5.74, 6) is -22.2. The molecular weight excluding hydrogens is 394 g/mol. The van der Waals surface area contributed by atoms with E-state index in [4.69, 9.17) is 0 Å². The molecule has 0 spiro atoms. The second kappa shape index (κ2) is 6.14. The predicted molar refractivity (Wildman–Crippen MR) is 73.7 cm³/mol. The Balaban J connectivity index is 2.68. The highest BCUT2D eigenvalue weighted by Crippen LogP contribution is 2.41. The van der Waals surface area contributed by atoms with Crippen molar-refractivity contribution in [1.82, 2.24) is 0 Å². The highest BCUT2D eigenvalue weighted by molar-refractivity contribution is 5.99. The summed E-state index contributed by atoms with van der Waals surface area (Å²) in [5.41, 5.74) is -4.10. The van der Waals surface area contributed by atoms with Crippen LogP contribution in [0.15, 0.2) is 6.07 Å². The molecular formula is C17H4F10. The van der Waals surface area contributed by atoms with Crippen molar-refractivity contribution in [3.8, 4) is 11.1 Å². The molecule has 0 aliphatic carbocycles. The highest BCUT2D eigenvalue weighted by Gasteiger charge is 2.32. The van der Waals surface area contributed by atoms with Crippen LogP contribution >= 0.6 is 0 Å². The normalized spacial score (nSPS) is 11.5. The van der Waals surface area contributed by atoms with Crippen LogP contribution in [0.2, 0.25) is 0 Å². The van der Waals surface area contributed by atoms with Gasteiger partial charge in [0.25, 0.3) is 0 Å². The van der Waals surface area contributed by atoms with Gasteiger partial charge in [0.2, 0.25) is 0 Å². The molecule has 0 amide bonds. The Morgan fingerprint density at radius 3 is 1.52 bits per heavy atom. The van der Waals surface area contributed by atoms with Crippen molar-refractivity contribution in [1.29, 1.82) is 0 Å². The summed E-state index contributed by atoms with van der Waals surface area (Å²) in [7, 11) is 0. The van der Waals surface area contributed by atoms with Crippen LogP contribution in [0.4, 0.5) is 43.9 Å². The van der Waals surface area contributed by atoms with E-state index < -0.39 is 85.6 Å². The van der Waals surface area contributed by atoms with Crippen LogP contribution in [0.1, 0.15) is 5.56 Å². The molecule has 3 aromatic carbocycles. The van der Waals surface area contributed by atoms with Gasteiger partial charge in [0, 0.05) is 22.1 Å². The van der Waals surface area contributed by atoms with E-state index in [-0.39, 0.29) is 6.07 Å². The van der Waals surface area contributed by atoms with Gasteiger partial charge in [0.05, 0.1) is 5.39 Å². The number of benzene rings is 3. The molecule has 0 aliphatic rings. The first-order chi connectivity index (χ1) is 12.5. The first-order valence-electron chi connectivity index (χ1n) is 6.97. The van der Waals surface area contributed by atoms with Crippen LogP contribution in [-0.4, -0.2) is 0 Å². The van der Waals surface area contributed by atoms with Gasteiger partial charge in [-0.15, -0.1) is 0 Å². The van der Waals surface area contributed by atoms with Crippen LogP contribution < -0.4 is 0 Å². The van der Waals surface area contributed by atoms with Crippen LogP contribution in [-0.2, 0) is 0 Å². The zero-order chi connectivity index (χ0) is 20.4.